The van der Waals surface area contributed by atoms with Gasteiger partial charge in [-0.2, -0.15) is 0 Å². The Morgan fingerprint density at radius 3 is 2.88 bits per heavy atom. The zero-order valence-corrected chi connectivity index (χ0v) is 10.1. The fourth-order valence-electron chi connectivity index (χ4n) is 1.42. The highest BCUT2D eigenvalue weighted by Crippen LogP contribution is 2.15. The number of methoxy groups -OCH3 is 1. The highest BCUT2D eigenvalue weighted by molar-refractivity contribution is 5.76. The van der Waals surface area contributed by atoms with Crippen LogP contribution in [0.3, 0.4) is 0 Å². The topological polar surface area (TPSA) is 51.5 Å². The Morgan fingerprint density at radius 1 is 1.56 bits per heavy atom. The lowest BCUT2D eigenvalue weighted by Crippen LogP contribution is -2.37. The third-order valence-corrected chi connectivity index (χ3v) is 2.43. The normalized spacial score (nSPS) is 11.4. The SMILES string of the molecule is COC(=O)C(C)(C)CNCCc1ccco1. The molecule has 0 aliphatic rings. The van der Waals surface area contributed by atoms with Crippen LogP contribution in [-0.4, -0.2) is 26.2 Å². The van der Waals surface area contributed by atoms with E-state index in [-0.39, 0.29) is 5.97 Å². The molecule has 1 heterocycles. The second-order valence-corrected chi connectivity index (χ2v) is 4.38. The van der Waals surface area contributed by atoms with Crippen LogP contribution in [0, 0.1) is 5.41 Å². The number of carbonyl (C=O) groups is 1. The van der Waals surface area contributed by atoms with Gasteiger partial charge in [0, 0.05) is 19.5 Å². The maximum Gasteiger partial charge on any atom is 0.312 e. The second kappa shape index (κ2) is 5.70. The first-order chi connectivity index (χ1) is 7.56. The number of hydrogen-bond donors (Lipinski definition) is 1. The van der Waals surface area contributed by atoms with Crippen molar-refractivity contribution in [2.24, 2.45) is 5.41 Å². The first kappa shape index (κ1) is 12.8. The first-order valence-corrected chi connectivity index (χ1v) is 5.38. The monoisotopic (exact) mass is 225 g/mol. The first-order valence-electron chi connectivity index (χ1n) is 5.38. The zero-order valence-electron chi connectivity index (χ0n) is 10.1. The van der Waals surface area contributed by atoms with Crippen LogP contribution >= 0.6 is 0 Å². The molecule has 0 unspecified atom stereocenters. The van der Waals surface area contributed by atoms with Gasteiger partial charge in [-0.1, -0.05) is 0 Å². The number of ether oxygens (including phenoxy) is 1. The molecule has 0 fully saturated rings. The third kappa shape index (κ3) is 3.70. The van der Waals surface area contributed by atoms with Gasteiger partial charge in [0.05, 0.1) is 18.8 Å². The Morgan fingerprint density at radius 2 is 2.31 bits per heavy atom. The summed E-state index contributed by atoms with van der Waals surface area (Å²) in [6.07, 6.45) is 2.48. The Balaban J connectivity index is 2.22. The van der Waals surface area contributed by atoms with E-state index in [0.717, 1.165) is 18.7 Å². The van der Waals surface area contributed by atoms with Crippen LogP contribution in [0.2, 0.25) is 0 Å². The van der Waals surface area contributed by atoms with Crippen molar-refractivity contribution in [2.45, 2.75) is 20.3 Å². The van der Waals surface area contributed by atoms with Gasteiger partial charge >= 0.3 is 5.97 Å². The van der Waals surface area contributed by atoms with Gasteiger partial charge in [0.15, 0.2) is 0 Å². The summed E-state index contributed by atoms with van der Waals surface area (Å²) in [5.41, 5.74) is -0.488. The minimum absolute atomic E-state index is 0.196. The fourth-order valence-corrected chi connectivity index (χ4v) is 1.42. The van der Waals surface area contributed by atoms with E-state index in [4.69, 9.17) is 9.15 Å². The molecule has 1 rings (SSSR count). The Hall–Kier alpha value is -1.29. The van der Waals surface area contributed by atoms with Gasteiger partial charge in [0.2, 0.25) is 0 Å². The van der Waals surface area contributed by atoms with Gasteiger partial charge in [-0.05, 0) is 26.0 Å². The molecule has 0 saturated heterocycles. The molecule has 0 radical (unpaired) electrons. The summed E-state index contributed by atoms with van der Waals surface area (Å²) in [5.74, 6) is 0.751. The molecule has 0 bridgehead atoms. The summed E-state index contributed by atoms with van der Waals surface area (Å²) < 4.78 is 9.92. The van der Waals surface area contributed by atoms with Crippen molar-refractivity contribution in [1.82, 2.24) is 5.32 Å². The molecule has 1 N–H and O–H groups in total. The summed E-state index contributed by atoms with van der Waals surface area (Å²) >= 11 is 0. The van der Waals surface area contributed by atoms with E-state index in [1.54, 1.807) is 6.26 Å². The molecule has 1 aromatic heterocycles. The number of nitrogens with one attached hydrogen (secondary N) is 1. The molecule has 0 aromatic carbocycles. The number of rotatable bonds is 6. The van der Waals surface area contributed by atoms with E-state index < -0.39 is 5.41 Å². The van der Waals surface area contributed by atoms with Gasteiger partial charge in [0.1, 0.15) is 5.76 Å². The molecule has 4 heteroatoms. The average Bonchev–Trinajstić information content (AvgIpc) is 2.76. The van der Waals surface area contributed by atoms with E-state index in [9.17, 15) is 4.79 Å². The second-order valence-electron chi connectivity index (χ2n) is 4.38. The highest BCUT2D eigenvalue weighted by Gasteiger charge is 2.27. The number of esters is 1. The smallest absolute Gasteiger partial charge is 0.312 e. The van der Waals surface area contributed by atoms with Crippen LogP contribution in [0.5, 0.6) is 0 Å². The predicted octanol–water partition coefficient (Wildman–Crippen LogP) is 1.61. The van der Waals surface area contributed by atoms with Crippen LogP contribution in [0.4, 0.5) is 0 Å². The van der Waals surface area contributed by atoms with Gasteiger partial charge in [-0.15, -0.1) is 0 Å². The molecule has 16 heavy (non-hydrogen) atoms. The quantitative estimate of drug-likeness (QED) is 0.590. The summed E-state index contributed by atoms with van der Waals surface area (Å²) in [6, 6.07) is 3.81. The van der Waals surface area contributed by atoms with E-state index in [1.165, 1.54) is 7.11 Å². The van der Waals surface area contributed by atoms with Crippen molar-refractivity contribution >= 4 is 5.97 Å². The molecule has 0 aliphatic heterocycles. The van der Waals surface area contributed by atoms with Gasteiger partial charge < -0.3 is 14.5 Å². The van der Waals surface area contributed by atoms with Gasteiger partial charge in [0.25, 0.3) is 0 Å². The molecule has 4 nitrogen and oxygen atoms in total. The average molecular weight is 225 g/mol. The Labute approximate surface area is 96.0 Å². The van der Waals surface area contributed by atoms with E-state index >= 15 is 0 Å². The molecule has 0 saturated carbocycles. The zero-order chi connectivity index (χ0) is 12.0. The highest BCUT2D eigenvalue weighted by atomic mass is 16.5. The van der Waals surface area contributed by atoms with Crippen molar-refractivity contribution in [2.75, 3.05) is 20.2 Å². The van der Waals surface area contributed by atoms with Crippen molar-refractivity contribution in [3.8, 4) is 0 Å². The summed E-state index contributed by atoms with van der Waals surface area (Å²) in [5, 5.41) is 3.22. The number of carbonyl (C=O) groups excluding carboxylic acids is 1. The van der Waals surface area contributed by atoms with E-state index in [1.807, 2.05) is 26.0 Å². The molecule has 0 amide bonds. The minimum atomic E-state index is -0.488. The van der Waals surface area contributed by atoms with Crippen molar-refractivity contribution in [1.29, 1.82) is 0 Å². The number of hydrogen-bond acceptors (Lipinski definition) is 4. The fraction of sp³-hybridized carbons (Fsp3) is 0.583. The largest absolute Gasteiger partial charge is 0.469 e. The van der Waals surface area contributed by atoms with Gasteiger partial charge in [-0.25, -0.2) is 0 Å². The third-order valence-electron chi connectivity index (χ3n) is 2.43. The lowest BCUT2D eigenvalue weighted by molar-refractivity contribution is -0.150. The summed E-state index contributed by atoms with van der Waals surface area (Å²) in [4.78, 5) is 11.4. The van der Waals surface area contributed by atoms with Crippen LogP contribution in [0.25, 0.3) is 0 Å². The Bertz CT molecular complexity index is 317. The molecule has 0 spiro atoms. The molecular weight excluding hydrogens is 206 g/mol. The lowest BCUT2D eigenvalue weighted by Gasteiger charge is -2.21. The van der Waals surface area contributed by atoms with Crippen molar-refractivity contribution in [3.05, 3.63) is 24.2 Å². The van der Waals surface area contributed by atoms with Crippen molar-refractivity contribution < 1.29 is 13.9 Å². The van der Waals surface area contributed by atoms with E-state index in [2.05, 4.69) is 5.32 Å². The summed E-state index contributed by atoms with van der Waals surface area (Å²) in [7, 11) is 1.41. The molecule has 90 valence electrons. The maximum atomic E-state index is 11.4. The van der Waals surface area contributed by atoms with Crippen LogP contribution in [0.1, 0.15) is 19.6 Å². The van der Waals surface area contributed by atoms with Crippen LogP contribution < -0.4 is 5.32 Å². The minimum Gasteiger partial charge on any atom is -0.469 e. The summed E-state index contributed by atoms with van der Waals surface area (Å²) in [6.45, 7) is 5.10. The molecule has 0 aliphatic carbocycles. The van der Waals surface area contributed by atoms with Crippen LogP contribution in [-0.2, 0) is 16.0 Å². The van der Waals surface area contributed by atoms with Gasteiger partial charge in [-0.3, -0.25) is 4.79 Å². The molecule has 0 atom stereocenters. The standard InChI is InChI=1S/C12H19NO3/c1-12(2,11(14)15-3)9-13-7-6-10-5-4-8-16-10/h4-5,8,13H,6-7,9H2,1-3H3. The van der Waals surface area contributed by atoms with Crippen molar-refractivity contribution in [3.63, 3.8) is 0 Å². The Kier molecular flexibility index (Phi) is 4.55. The number of furan rings is 1. The molecular formula is C12H19NO3. The predicted molar refractivity (Wildman–Crippen MR) is 61.1 cm³/mol. The van der Waals surface area contributed by atoms with E-state index in [0.29, 0.717) is 6.54 Å². The lowest BCUT2D eigenvalue weighted by atomic mass is 9.94. The molecule has 1 aromatic rings. The van der Waals surface area contributed by atoms with Crippen LogP contribution in [0.15, 0.2) is 22.8 Å². The maximum absolute atomic E-state index is 11.4.